The Morgan fingerprint density at radius 2 is 1.40 bits per heavy atom. The normalized spacial score (nSPS) is 11.2. The first-order valence-corrected chi connectivity index (χ1v) is 5.00. The number of hydrogen-bond donors (Lipinski definition) is 1. The van der Waals surface area contributed by atoms with E-state index in [1.54, 1.807) is 0 Å². The molecule has 1 N–H and O–H groups in total. The molecule has 2 aromatic heterocycles. The third-order valence-corrected chi connectivity index (χ3v) is 2.38. The number of furan rings is 2. The van der Waals surface area contributed by atoms with E-state index < -0.39 is 0 Å². The molecule has 0 aliphatic carbocycles. The summed E-state index contributed by atoms with van der Waals surface area (Å²) in [7, 11) is 1.89. The molecule has 0 aliphatic rings. The van der Waals surface area contributed by atoms with Crippen molar-refractivity contribution in [3.05, 3.63) is 47.3 Å². The van der Waals surface area contributed by atoms with E-state index in [2.05, 4.69) is 5.32 Å². The maximum atomic E-state index is 5.58. The minimum atomic E-state index is -0.00704. The van der Waals surface area contributed by atoms with Crippen LogP contribution in [-0.4, -0.2) is 7.05 Å². The summed E-state index contributed by atoms with van der Waals surface area (Å²) in [5.74, 6) is 3.58. The Morgan fingerprint density at radius 1 is 0.933 bits per heavy atom. The van der Waals surface area contributed by atoms with Crippen LogP contribution < -0.4 is 5.32 Å². The topological polar surface area (TPSA) is 38.3 Å². The van der Waals surface area contributed by atoms with E-state index in [4.69, 9.17) is 8.83 Å². The summed E-state index contributed by atoms with van der Waals surface area (Å²) >= 11 is 0. The van der Waals surface area contributed by atoms with E-state index in [0.29, 0.717) is 0 Å². The first-order valence-electron chi connectivity index (χ1n) is 5.00. The van der Waals surface area contributed by atoms with Gasteiger partial charge in [-0.1, -0.05) is 0 Å². The molecule has 2 aromatic rings. The van der Waals surface area contributed by atoms with Crippen molar-refractivity contribution < 1.29 is 8.83 Å². The standard InChI is InChI=1S/C12H15NO2/c1-8-4-6-10(14-8)12(13-3)11-7-5-9(2)15-11/h4-7,12-13H,1-3H3. The number of aryl methyl sites for hydroxylation is 2. The van der Waals surface area contributed by atoms with Crippen LogP contribution in [-0.2, 0) is 0 Å². The Balaban J connectivity index is 2.32. The Hall–Kier alpha value is -1.48. The van der Waals surface area contributed by atoms with Gasteiger partial charge < -0.3 is 14.2 Å². The molecule has 3 heteroatoms. The Morgan fingerprint density at radius 3 is 1.67 bits per heavy atom. The van der Waals surface area contributed by atoms with Gasteiger partial charge in [0.1, 0.15) is 29.1 Å². The largest absolute Gasteiger partial charge is 0.464 e. The molecule has 0 radical (unpaired) electrons. The molecule has 15 heavy (non-hydrogen) atoms. The van der Waals surface area contributed by atoms with Gasteiger partial charge in [-0.25, -0.2) is 0 Å². The fourth-order valence-electron chi connectivity index (χ4n) is 1.64. The van der Waals surface area contributed by atoms with Gasteiger partial charge in [0.05, 0.1) is 0 Å². The zero-order valence-corrected chi connectivity index (χ0v) is 9.20. The fraction of sp³-hybridized carbons (Fsp3) is 0.333. The molecule has 80 valence electrons. The van der Waals surface area contributed by atoms with E-state index >= 15 is 0 Å². The molecule has 2 heterocycles. The second-order valence-electron chi connectivity index (χ2n) is 3.62. The van der Waals surface area contributed by atoms with Gasteiger partial charge in [-0.05, 0) is 45.2 Å². The van der Waals surface area contributed by atoms with Crippen LogP contribution in [0.5, 0.6) is 0 Å². The van der Waals surface area contributed by atoms with Gasteiger partial charge in [0.15, 0.2) is 0 Å². The summed E-state index contributed by atoms with van der Waals surface area (Å²) in [6, 6.07) is 7.83. The minimum absolute atomic E-state index is 0.00704. The quantitative estimate of drug-likeness (QED) is 0.837. The van der Waals surface area contributed by atoms with E-state index in [-0.39, 0.29) is 6.04 Å². The summed E-state index contributed by atoms with van der Waals surface area (Å²) in [5, 5.41) is 3.17. The van der Waals surface area contributed by atoms with Gasteiger partial charge in [0.25, 0.3) is 0 Å². The van der Waals surface area contributed by atoms with Gasteiger partial charge in [-0.15, -0.1) is 0 Å². The van der Waals surface area contributed by atoms with Crippen LogP contribution >= 0.6 is 0 Å². The van der Waals surface area contributed by atoms with Crippen LogP contribution in [0.1, 0.15) is 29.1 Å². The van der Waals surface area contributed by atoms with Crippen molar-refractivity contribution >= 4 is 0 Å². The molecule has 0 amide bonds. The molecule has 0 aromatic carbocycles. The van der Waals surface area contributed by atoms with Crippen LogP contribution in [0.3, 0.4) is 0 Å². The molecule has 0 unspecified atom stereocenters. The van der Waals surface area contributed by atoms with Crippen molar-refractivity contribution in [3.63, 3.8) is 0 Å². The van der Waals surface area contributed by atoms with Gasteiger partial charge in [0, 0.05) is 0 Å². The highest BCUT2D eigenvalue weighted by Crippen LogP contribution is 2.24. The lowest BCUT2D eigenvalue weighted by molar-refractivity contribution is 0.387. The zero-order chi connectivity index (χ0) is 10.8. The van der Waals surface area contributed by atoms with Crippen molar-refractivity contribution in [2.75, 3.05) is 7.05 Å². The molecular formula is C12H15NO2. The van der Waals surface area contributed by atoms with Crippen molar-refractivity contribution in [1.29, 1.82) is 0 Å². The molecular weight excluding hydrogens is 190 g/mol. The van der Waals surface area contributed by atoms with Crippen molar-refractivity contribution in [1.82, 2.24) is 5.32 Å². The second kappa shape index (κ2) is 3.95. The number of nitrogens with one attached hydrogen (secondary N) is 1. The highest BCUT2D eigenvalue weighted by atomic mass is 16.4. The molecule has 0 aliphatic heterocycles. The molecule has 0 atom stereocenters. The third kappa shape index (κ3) is 1.97. The Bertz CT molecular complexity index is 402. The predicted octanol–water partition coefficient (Wildman–Crippen LogP) is 2.80. The SMILES string of the molecule is CNC(c1ccc(C)o1)c1ccc(C)o1. The minimum Gasteiger partial charge on any atom is -0.464 e. The maximum Gasteiger partial charge on any atom is 0.128 e. The summed E-state index contributed by atoms with van der Waals surface area (Å²) in [6.07, 6.45) is 0. The smallest absolute Gasteiger partial charge is 0.128 e. The molecule has 3 nitrogen and oxygen atoms in total. The van der Waals surface area contributed by atoms with Gasteiger partial charge >= 0.3 is 0 Å². The summed E-state index contributed by atoms with van der Waals surface area (Å²) in [5.41, 5.74) is 0. The Labute approximate surface area is 89.1 Å². The highest BCUT2D eigenvalue weighted by molar-refractivity contribution is 5.21. The zero-order valence-electron chi connectivity index (χ0n) is 9.20. The maximum absolute atomic E-state index is 5.58. The van der Waals surface area contributed by atoms with E-state index in [1.807, 2.05) is 45.2 Å². The highest BCUT2D eigenvalue weighted by Gasteiger charge is 2.18. The summed E-state index contributed by atoms with van der Waals surface area (Å²) in [6.45, 7) is 3.87. The van der Waals surface area contributed by atoms with E-state index in [9.17, 15) is 0 Å². The molecule has 0 bridgehead atoms. The van der Waals surface area contributed by atoms with Gasteiger partial charge in [0.2, 0.25) is 0 Å². The van der Waals surface area contributed by atoms with Crippen LogP contribution in [0.2, 0.25) is 0 Å². The third-order valence-electron chi connectivity index (χ3n) is 2.38. The molecule has 0 fully saturated rings. The van der Waals surface area contributed by atoms with Crippen LogP contribution in [0, 0.1) is 13.8 Å². The lowest BCUT2D eigenvalue weighted by Crippen LogP contribution is -2.16. The van der Waals surface area contributed by atoms with Crippen LogP contribution in [0.4, 0.5) is 0 Å². The average Bonchev–Trinajstić information content (AvgIpc) is 2.78. The van der Waals surface area contributed by atoms with Crippen molar-refractivity contribution in [3.8, 4) is 0 Å². The molecule has 0 spiro atoms. The van der Waals surface area contributed by atoms with Gasteiger partial charge in [-0.3, -0.25) is 0 Å². The predicted molar refractivity (Wildman–Crippen MR) is 57.8 cm³/mol. The number of hydrogen-bond acceptors (Lipinski definition) is 3. The van der Waals surface area contributed by atoms with Crippen molar-refractivity contribution in [2.45, 2.75) is 19.9 Å². The Kier molecular flexibility index (Phi) is 2.64. The first-order chi connectivity index (χ1) is 7.20. The van der Waals surface area contributed by atoms with Crippen molar-refractivity contribution in [2.24, 2.45) is 0 Å². The van der Waals surface area contributed by atoms with E-state index in [0.717, 1.165) is 23.0 Å². The molecule has 0 saturated carbocycles. The van der Waals surface area contributed by atoms with Gasteiger partial charge in [-0.2, -0.15) is 0 Å². The molecule has 0 saturated heterocycles. The lowest BCUT2D eigenvalue weighted by Gasteiger charge is -2.10. The monoisotopic (exact) mass is 205 g/mol. The first kappa shape index (κ1) is 10.1. The van der Waals surface area contributed by atoms with E-state index in [1.165, 1.54) is 0 Å². The van der Waals surface area contributed by atoms with Crippen LogP contribution in [0.25, 0.3) is 0 Å². The lowest BCUT2D eigenvalue weighted by atomic mass is 10.2. The van der Waals surface area contributed by atoms with Crippen LogP contribution in [0.15, 0.2) is 33.1 Å². The summed E-state index contributed by atoms with van der Waals surface area (Å²) < 4.78 is 11.2. The fourth-order valence-corrected chi connectivity index (χ4v) is 1.64. The second-order valence-corrected chi connectivity index (χ2v) is 3.62. The molecule has 2 rings (SSSR count). The average molecular weight is 205 g/mol. The number of rotatable bonds is 3. The summed E-state index contributed by atoms with van der Waals surface area (Å²) in [4.78, 5) is 0.